The molecule has 1 saturated heterocycles. The van der Waals surface area contributed by atoms with Crippen LogP contribution in [0.4, 0.5) is 4.39 Å². The standard InChI is InChI=1S/C13H15FN2/c14-12-5-4-10(8-16-12)11-3-1-2-9-6-7-15-13(9)11/h3-5,8-9,13,15H,1-2,6-7H2/t9-,13+/m1/s1. The second kappa shape index (κ2) is 3.98. The van der Waals surface area contributed by atoms with Crippen LogP contribution in [-0.4, -0.2) is 17.6 Å². The predicted octanol–water partition coefficient (Wildman–Crippen LogP) is 2.38. The van der Waals surface area contributed by atoms with Crippen molar-refractivity contribution in [2.24, 2.45) is 5.92 Å². The minimum Gasteiger partial charge on any atom is -0.310 e. The van der Waals surface area contributed by atoms with Crippen LogP contribution in [-0.2, 0) is 0 Å². The average Bonchev–Trinajstić information content (AvgIpc) is 2.78. The number of hydrogen-bond acceptors (Lipinski definition) is 2. The van der Waals surface area contributed by atoms with Crippen LogP contribution in [0.5, 0.6) is 0 Å². The van der Waals surface area contributed by atoms with E-state index in [0.717, 1.165) is 24.4 Å². The van der Waals surface area contributed by atoms with E-state index < -0.39 is 5.95 Å². The van der Waals surface area contributed by atoms with Crippen molar-refractivity contribution < 1.29 is 4.39 Å². The normalized spacial score (nSPS) is 28.7. The zero-order chi connectivity index (χ0) is 11.0. The van der Waals surface area contributed by atoms with Gasteiger partial charge in [-0.1, -0.05) is 6.08 Å². The number of allylic oxidation sites excluding steroid dienone is 1. The third-order valence-corrected chi connectivity index (χ3v) is 3.65. The van der Waals surface area contributed by atoms with Gasteiger partial charge in [-0.05, 0) is 55.0 Å². The van der Waals surface area contributed by atoms with Gasteiger partial charge < -0.3 is 5.32 Å². The lowest BCUT2D eigenvalue weighted by Gasteiger charge is -2.26. The lowest BCUT2D eigenvalue weighted by molar-refractivity contribution is 0.470. The van der Waals surface area contributed by atoms with Gasteiger partial charge in [0.1, 0.15) is 0 Å². The van der Waals surface area contributed by atoms with E-state index in [1.807, 2.05) is 6.07 Å². The van der Waals surface area contributed by atoms with Crippen LogP contribution in [0.15, 0.2) is 24.4 Å². The first kappa shape index (κ1) is 9.97. The van der Waals surface area contributed by atoms with Crippen LogP contribution >= 0.6 is 0 Å². The van der Waals surface area contributed by atoms with E-state index in [9.17, 15) is 4.39 Å². The maximum absolute atomic E-state index is 12.8. The van der Waals surface area contributed by atoms with Gasteiger partial charge in [-0.15, -0.1) is 0 Å². The highest BCUT2D eigenvalue weighted by molar-refractivity contribution is 5.70. The fraction of sp³-hybridized carbons (Fsp3) is 0.462. The van der Waals surface area contributed by atoms with Crippen LogP contribution in [0.25, 0.3) is 5.57 Å². The lowest BCUT2D eigenvalue weighted by atomic mass is 9.82. The van der Waals surface area contributed by atoms with Gasteiger partial charge in [0.05, 0.1) is 0 Å². The second-order valence-electron chi connectivity index (χ2n) is 4.59. The molecule has 3 rings (SSSR count). The fourth-order valence-electron chi connectivity index (χ4n) is 2.86. The van der Waals surface area contributed by atoms with E-state index >= 15 is 0 Å². The first-order valence-corrected chi connectivity index (χ1v) is 5.90. The Morgan fingerprint density at radius 2 is 2.25 bits per heavy atom. The Bertz CT molecular complexity index is 410. The third kappa shape index (κ3) is 1.65. The molecule has 0 unspecified atom stereocenters. The van der Waals surface area contributed by atoms with Crippen molar-refractivity contribution in [2.75, 3.05) is 6.54 Å². The van der Waals surface area contributed by atoms with Gasteiger partial charge in [0, 0.05) is 12.2 Å². The zero-order valence-corrected chi connectivity index (χ0v) is 9.12. The Kier molecular flexibility index (Phi) is 2.48. The van der Waals surface area contributed by atoms with E-state index in [1.165, 1.54) is 24.5 Å². The minimum atomic E-state index is -0.406. The Labute approximate surface area is 94.6 Å². The molecule has 0 bridgehead atoms. The monoisotopic (exact) mass is 218 g/mol. The second-order valence-corrected chi connectivity index (χ2v) is 4.59. The summed E-state index contributed by atoms with van der Waals surface area (Å²) in [5.74, 6) is 0.348. The highest BCUT2D eigenvalue weighted by Crippen LogP contribution is 2.35. The summed E-state index contributed by atoms with van der Waals surface area (Å²) < 4.78 is 12.8. The van der Waals surface area contributed by atoms with Gasteiger partial charge in [0.25, 0.3) is 0 Å². The first-order chi connectivity index (χ1) is 7.84. The molecule has 1 aliphatic carbocycles. The number of rotatable bonds is 1. The smallest absolute Gasteiger partial charge is 0.212 e. The van der Waals surface area contributed by atoms with Gasteiger partial charge in [-0.3, -0.25) is 0 Å². The van der Waals surface area contributed by atoms with Gasteiger partial charge >= 0.3 is 0 Å². The summed E-state index contributed by atoms with van der Waals surface area (Å²) in [6.45, 7) is 1.10. The molecule has 1 fully saturated rings. The molecule has 0 aromatic carbocycles. The van der Waals surface area contributed by atoms with Gasteiger partial charge in [-0.25, -0.2) is 4.98 Å². The molecule has 1 aromatic rings. The largest absolute Gasteiger partial charge is 0.310 e. The molecule has 2 aliphatic rings. The first-order valence-electron chi connectivity index (χ1n) is 5.90. The van der Waals surface area contributed by atoms with E-state index in [0.29, 0.717) is 6.04 Å². The van der Waals surface area contributed by atoms with Crippen LogP contribution in [0.1, 0.15) is 24.8 Å². The fourth-order valence-corrected chi connectivity index (χ4v) is 2.86. The van der Waals surface area contributed by atoms with E-state index in [-0.39, 0.29) is 0 Å². The van der Waals surface area contributed by atoms with Crippen molar-refractivity contribution in [2.45, 2.75) is 25.3 Å². The summed E-state index contributed by atoms with van der Waals surface area (Å²) in [6.07, 6.45) is 7.58. The Hall–Kier alpha value is -1.22. The number of halogens is 1. The highest BCUT2D eigenvalue weighted by atomic mass is 19.1. The summed E-state index contributed by atoms with van der Waals surface area (Å²) >= 11 is 0. The van der Waals surface area contributed by atoms with Crippen molar-refractivity contribution in [1.82, 2.24) is 10.3 Å². The quantitative estimate of drug-likeness (QED) is 0.732. The third-order valence-electron chi connectivity index (χ3n) is 3.65. The van der Waals surface area contributed by atoms with Crippen molar-refractivity contribution in [3.05, 3.63) is 35.9 Å². The average molecular weight is 218 g/mol. The number of hydrogen-bond donors (Lipinski definition) is 1. The van der Waals surface area contributed by atoms with E-state index in [1.54, 1.807) is 6.20 Å². The topological polar surface area (TPSA) is 24.9 Å². The van der Waals surface area contributed by atoms with Crippen LogP contribution < -0.4 is 5.32 Å². The number of fused-ring (bicyclic) bond motifs is 1. The zero-order valence-electron chi connectivity index (χ0n) is 9.12. The highest BCUT2D eigenvalue weighted by Gasteiger charge is 2.32. The predicted molar refractivity (Wildman–Crippen MR) is 61.3 cm³/mol. The van der Waals surface area contributed by atoms with Crippen LogP contribution in [0.2, 0.25) is 0 Å². The number of nitrogens with zero attached hydrogens (tertiary/aromatic N) is 1. The van der Waals surface area contributed by atoms with Crippen molar-refractivity contribution in [1.29, 1.82) is 0 Å². The Balaban J connectivity index is 1.93. The molecule has 2 nitrogen and oxygen atoms in total. The number of pyridine rings is 1. The molecular formula is C13H15FN2. The lowest BCUT2D eigenvalue weighted by Crippen LogP contribution is -2.30. The SMILES string of the molecule is Fc1ccc(C2=CCC[C@@H]3CCN[C@H]23)cn1. The van der Waals surface area contributed by atoms with Crippen LogP contribution in [0.3, 0.4) is 0 Å². The maximum atomic E-state index is 12.8. The molecule has 84 valence electrons. The molecule has 0 amide bonds. The maximum Gasteiger partial charge on any atom is 0.212 e. The molecule has 0 spiro atoms. The molecule has 0 saturated carbocycles. The Morgan fingerprint density at radius 1 is 1.31 bits per heavy atom. The summed E-state index contributed by atoms with van der Waals surface area (Å²) in [5, 5.41) is 3.53. The van der Waals surface area contributed by atoms with Crippen molar-refractivity contribution >= 4 is 5.57 Å². The van der Waals surface area contributed by atoms with Gasteiger partial charge in [0.2, 0.25) is 5.95 Å². The molecule has 1 N–H and O–H groups in total. The van der Waals surface area contributed by atoms with Crippen LogP contribution in [0, 0.1) is 11.9 Å². The summed E-state index contributed by atoms with van der Waals surface area (Å²) in [7, 11) is 0. The summed E-state index contributed by atoms with van der Waals surface area (Å²) in [6, 6.07) is 3.73. The minimum absolute atomic E-state index is 0.406. The number of nitrogens with one attached hydrogen (secondary N) is 1. The molecule has 0 radical (unpaired) electrons. The van der Waals surface area contributed by atoms with Gasteiger partial charge in [-0.2, -0.15) is 4.39 Å². The Morgan fingerprint density at radius 3 is 3.06 bits per heavy atom. The molecule has 1 aromatic heterocycles. The van der Waals surface area contributed by atoms with E-state index in [2.05, 4.69) is 16.4 Å². The number of aromatic nitrogens is 1. The van der Waals surface area contributed by atoms with Crippen molar-refractivity contribution in [3.8, 4) is 0 Å². The van der Waals surface area contributed by atoms with E-state index in [4.69, 9.17) is 0 Å². The van der Waals surface area contributed by atoms with Gasteiger partial charge in [0.15, 0.2) is 0 Å². The molecule has 2 heterocycles. The summed E-state index contributed by atoms with van der Waals surface area (Å²) in [5.41, 5.74) is 2.37. The van der Waals surface area contributed by atoms with Crippen molar-refractivity contribution in [3.63, 3.8) is 0 Å². The molecular weight excluding hydrogens is 203 g/mol. The molecule has 3 heteroatoms. The molecule has 1 aliphatic heterocycles. The summed E-state index contributed by atoms with van der Waals surface area (Å²) in [4.78, 5) is 3.73. The molecule has 16 heavy (non-hydrogen) atoms. The molecule has 2 atom stereocenters.